The van der Waals surface area contributed by atoms with Crippen LogP contribution >= 0.6 is 0 Å². The maximum atomic E-state index is 12.6. The van der Waals surface area contributed by atoms with Crippen molar-refractivity contribution in [2.24, 2.45) is 0 Å². The normalized spacial score (nSPS) is 25.5. The van der Waals surface area contributed by atoms with Crippen LogP contribution in [0.4, 0.5) is 0 Å². The van der Waals surface area contributed by atoms with Crippen LogP contribution in [-0.2, 0) is 9.84 Å². The molecule has 0 spiro atoms. The molecule has 2 aliphatic rings. The van der Waals surface area contributed by atoms with E-state index in [0.717, 1.165) is 45.1 Å². The fraction of sp³-hybridized carbons (Fsp3) is 0.611. The van der Waals surface area contributed by atoms with Gasteiger partial charge in [-0.2, -0.15) is 0 Å². The zero-order valence-electron chi connectivity index (χ0n) is 14.1. The molecule has 1 saturated carbocycles. The van der Waals surface area contributed by atoms with E-state index in [1.165, 1.54) is 0 Å². The van der Waals surface area contributed by atoms with E-state index in [1.54, 1.807) is 24.3 Å². The number of benzene rings is 1. The molecule has 2 fully saturated rings. The number of sulfone groups is 1. The summed E-state index contributed by atoms with van der Waals surface area (Å²) in [6.45, 7) is 3.06. The summed E-state index contributed by atoms with van der Waals surface area (Å²) in [5.74, 6) is -0.139. The van der Waals surface area contributed by atoms with Gasteiger partial charge in [-0.25, -0.2) is 8.42 Å². The summed E-state index contributed by atoms with van der Waals surface area (Å²) in [4.78, 5) is 12.7. The lowest BCUT2D eigenvalue weighted by molar-refractivity contribution is 0.0919. The highest BCUT2D eigenvalue weighted by Gasteiger charge is 2.30. The van der Waals surface area contributed by atoms with Gasteiger partial charge in [-0.3, -0.25) is 4.79 Å². The van der Waals surface area contributed by atoms with Gasteiger partial charge in [-0.05, 0) is 63.4 Å². The largest absolute Gasteiger partial charge is 0.348 e. The molecule has 1 amide bonds. The van der Waals surface area contributed by atoms with Crippen molar-refractivity contribution in [1.82, 2.24) is 10.6 Å². The molecule has 1 aromatic rings. The molecule has 3 rings (SSSR count). The number of nitrogens with one attached hydrogen (secondary N) is 2. The first-order valence-corrected chi connectivity index (χ1v) is 10.4. The Balaban J connectivity index is 1.68. The second-order valence-corrected chi connectivity index (χ2v) is 9.17. The Morgan fingerprint density at radius 3 is 2.38 bits per heavy atom. The van der Waals surface area contributed by atoms with Crippen molar-refractivity contribution in [3.8, 4) is 0 Å². The number of rotatable bonds is 4. The van der Waals surface area contributed by atoms with Gasteiger partial charge in [0.1, 0.15) is 0 Å². The predicted molar refractivity (Wildman–Crippen MR) is 93.8 cm³/mol. The van der Waals surface area contributed by atoms with Gasteiger partial charge < -0.3 is 10.6 Å². The van der Waals surface area contributed by atoms with Crippen molar-refractivity contribution < 1.29 is 13.2 Å². The van der Waals surface area contributed by atoms with Crippen LogP contribution in [0.5, 0.6) is 0 Å². The molecule has 1 saturated heterocycles. The summed E-state index contributed by atoms with van der Waals surface area (Å²) in [5, 5.41) is 6.14. The number of carbonyl (C=O) groups is 1. The molecule has 6 heteroatoms. The van der Waals surface area contributed by atoms with Crippen molar-refractivity contribution in [1.29, 1.82) is 0 Å². The minimum absolute atomic E-state index is 0.119. The standard InChI is InChI=1S/C18H26N2O3S/c1-13-17(7-4-12-19-13)20-18(21)14-8-10-16(11-9-14)24(22,23)15-5-2-3-6-15/h8-11,13,15,17,19H,2-7,12H2,1H3,(H,20,21). The average Bonchev–Trinajstić information content (AvgIpc) is 3.12. The third-order valence-electron chi connectivity index (χ3n) is 5.26. The molecule has 1 heterocycles. The van der Waals surface area contributed by atoms with E-state index in [0.29, 0.717) is 10.5 Å². The van der Waals surface area contributed by atoms with Crippen LogP contribution in [0.25, 0.3) is 0 Å². The lowest BCUT2D eigenvalue weighted by atomic mass is 9.99. The average molecular weight is 350 g/mol. The van der Waals surface area contributed by atoms with E-state index < -0.39 is 9.84 Å². The molecule has 0 radical (unpaired) electrons. The predicted octanol–water partition coefficient (Wildman–Crippen LogP) is 2.27. The van der Waals surface area contributed by atoms with Gasteiger partial charge in [0.15, 0.2) is 9.84 Å². The first-order valence-electron chi connectivity index (χ1n) is 8.86. The topological polar surface area (TPSA) is 75.3 Å². The van der Waals surface area contributed by atoms with Crippen LogP contribution in [0, 0.1) is 0 Å². The fourth-order valence-corrected chi connectivity index (χ4v) is 5.53. The second-order valence-electron chi connectivity index (χ2n) is 6.94. The summed E-state index contributed by atoms with van der Waals surface area (Å²) < 4.78 is 25.1. The van der Waals surface area contributed by atoms with E-state index in [9.17, 15) is 13.2 Å². The van der Waals surface area contributed by atoms with E-state index >= 15 is 0 Å². The molecule has 1 aliphatic carbocycles. The Morgan fingerprint density at radius 2 is 1.75 bits per heavy atom. The molecule has 1 aliphatic heterocycles. The van der Waals surface area contributed by atoms with Crippen LogP contribution in [0.3, 0.4) is 0 Å². The lowest BCUT2D eigenvalue weighted by Crippen LogP contribution is -2.51. The SMILES string of the molecule is CC1NCCCC1NC(=O)c1ccc(S(=O)(=O)C2CCCC2)cc1. The third-order valence-corrected chi connectivity index (χ3v) is 7.54. The van der Waals surface area contributed by atoms with Crippen molar-refractivity contribution in [3.63, 3.8) is 0 Å². The third kappa shape index (κ3) is 3.64. The second kappa shape index (κ2) is 7.23. The summed E-state index contributed by atoms with van der Waals surface area (Å²) in [5.41, 5.74) is 0.512. The minimum atomic E-state index is -3.26. The summed E-state index contributed by atoms with van der Waals surface area (Å²) in [7, 11) is -3.26. The Bertz CT molecular complexity index is 679. The maximum Gasteiger partial charge on any atom is 0.251 e. The van der Waals surface area contributed by atoms with Crippen molar-refractivity contribution >= 4 is 15.7 Å². The summed E-state index contributed by atoms with van der Waals surface area (Å²) in [6.07, 6.45) is 5.48. The summed E-state index contributed by atoms with van der Waals surface area (Å²) >= 11 is 0. The van der Waals surface area contributed by atoms with E-state index in [-0.39, 0.29) is 23.2 Å². The molecule has 2 unspecified atom stereocenters. The smallest absolute Gasteiger partial charge is 0.251 e. The van der Waals surface area contributed by atoms with Crippen LogP contribution < -0.4 is 10.6 Å². The molecule has 2 N–H and O–H groups in total. The van der Waals surface area contributed by atoms with Crippen molar-refractivity contribution in [3.05, 3.63) is 29.8 Å². The van der Waals surface area contributed by atoms with Gasteiger partial charge in [0.25, 0.3) is 5.91 Å². The van der Waals surface area contributed by atoms with E-state index in [1.807, 2.05) is 0 Å². The van der Waals surface area contributed by atoms with Gasteiger partial charge in [-0.1, -0.05) is 12.8 Å². The minimum Gasteiger partial charge on any atom is -0.348 e. The molecule has 1 aromatic carbocycles. The molecule has 132 valence electrons. The molecule has 24 heavy (non-hydrogen) atoms. The van der Waals surface area contributed by atoms with Gasteiger partial charge in [0.2, 0.25) is 0 Å². The molecule has 0 bridgehead atoms. The van der Waals surface area contributed by atoms with Crippen molar-refractivity contribution in [2.45, 2.75) is 67.7 Å². The molecular formula is C18H26N2O3S. The van der Waals surface area contributed by atoms with Gasteiger partial charge in [0, 0.05) is 17.6 Å². The zero-order chi connectivity index (χ0) is 17.2. The van der Waals surface area contributed by atoms with Gasteiger partial charge in [0.05, 0.1) is 10.1 Å². The maximum absolute atomic E-state index is 12.6. The summed E-state index contributed by atoms with van der Waals surface area (Å²) in [6, 6.07) is 6.77. The quantitative estimate of drug-likeness (QED) is 0.873. The van der Waals surface area contributed by atoms with Gasteiger partial charge in [-0.15, -0.1) is 0 Å². The van der Waals surface area contributed by atoms with Crippen LogP contribution in [-0.4, -0.2) is 38.2 Å². The molecule has 2 atom stereocenters. The number of carbonyl (C=O) groups excluding carboxylic acids is 1. The Hall–Kier alpha value is -1.40. The number of hydrogen-bond donors (Lipinski definition) is 2. The Morgan fingerprint density at radius 1 is 1.08 bits per heavy atom. The monoisotopic (exact) mass is 350 g/mol. The molecular weight excluding hydrogens is 324 g/mol. The lowest BCUT2D eigenvalue weighted by Gasteiger charge is -2.30. The number of piperidine rings is 1. The Kier molecular flexibility index (Phi) is 5.25. The molecule has 5 nitrogen and oxygen atoms in total. The molecule has 0 aromatic heterocycles. The number of hydrogen-bond acceptors (Lipinski definition) is 4. The Labute approximate surface area is 144 Å². The highest BCUT2D eigenvalue weighted by Crippen LogP contribution is 2.29. The van der Waals surface area contributed by atoms with E-state index in [2.05, 4.69) is 17.6 Å². The van der Waals surface area contributed by atoms with Gasteiger partial charge >= 0.3 is 0 Å². The highest BCUT2D eigenvalue weighted by atomic mass is 32.2. The van der Waals surface area contributed by atoms with Crippen LogP contribution in [0.15, 0.2) is 29.2 Å². The first-order chi connectivity index (χ1) is 11.5. The first kappa shape index (κ1) is 17.4. The van der Waals surface area contributed by atoms with E-state index in [4.69, 9.17) is 0 Å². The number of amides is 1. The fourth-order valence-electron chi connectivity index (χ4n) is 3.68. The zero-order valence-corrected chi connectivity index (χ0v) is 14.9. The highest BCUT2D eigenvalue weighted by molar-refractivity contribution is 7.92. The van der Waals surface area contributed by atoms with Crippen LogP contribution in [0.1, 0.15) is 55.8 Å². The van der Waals surface area contributed by atoms with Crippen LogP contribution in [0.2, 0.25) is 0 Å². The van der Waals surface area contributed by atoms with Crippen molar-refractivity contribution in [2.75, 3.05) is 6.54 Å².